The van der Waals surface area contributed by atoms with Crippen molar-refractivity contribution in [2.45, 2.75) is 0 Å². The summed E-state index contributed by atoms with van der Waals surface area (Å²) in [5.74, 6) is -0.308. The molecular formula is C5H4O2S3. The summed E-state index contributed by atoms with van der Waals surface area (Å²) in [5, 5.41) is 1.71. The molecule has 0 aliphatic carbocycles. The molecule has 1 heterocycles. The Balaban J connectivity index is 2.95. The average molecular weight is 192 g/mol. The maximum atomic E-state index is 10.8. The van der Waals surface area contributed by atoms with Gasteiger partial charge in [-0.15, -0.1) is 22.7 Å². The van der Waals surface area contributed by atoms with E-state index in [2.05, 4.69) is 4.74 Å². The first-order valence-electron chi connectivity index (χ1n) is 2.41. The van der Waals surface area contributed by atoms with Crippen LogP contribution in [0.15, 0.2) is 5.38 Å². The molecule has 0 N–H and O–H groups in total. The zero-order valence-corrected chi connectivity index (χ0v) is 7.57. The summed E-state index contributed by atoms with van der Waals surface area (Å²) < 4.78 is 5.23. The number of esters is 1. The fraction of sp³-hybridized carbons (Fsp3) is 0.200. The summed E-state index contributed by atoms with van der Waals surface area (Å²) in [4.78, 5) is 11.4. The highest BCUT2D eigenvalue weighted by Crippen LogP contribution is 2.17. The van der Waals surface area contributed by atoms with Crippen LogP contribution in [-0.2, 0) is 4.74 Å². The number of rotatable bonds is 1. The van der Waals surface area contributed by atoms with Crippen LogP contribution in [0, 0.1) is 3.14 Å². The summed E-state index contributed by atoms with van der Waals surface area (Å²) in [6.07, 6.45) is 0. The van der Waals surface area contributed by atoms with Crippen LogP contribution in [0.4, 0.5) is 0 Å². The van der Waals surface area contributed by atoms with Gasteiger partial charge in [-0.25, -0.2) is 4.79 Å². The topological polar surface area (TPSA) is 26.3 Å². The molecule has 0 aliphatic rings. The molecule has 0 amide bonds. The van der Waals surface area contributed by atoms with Crippen molar-refractivity contribution in [2.24, 2.45) is 0 Å². The third kappa shape index (κ3) is 1.62. The molecule has 1 aromatic heterocycles. The number of carbonyl (C=O) groups excluding carboxylic acids is 1. The van der Waals surface area contributed by atoms with E-state index >= 15 is 0 Å². The van der Waals surface area contributed by atoms with Crippen LogP contribution < -0.4 is 0 Å². The van der Waals surface area contributed by atoms with Gasteiger partial charge in [0.1, 0.15) is 8.01 Å². The van der Waals surface area contributed by atoms with Crippen LogP contribution in [0.3, 0.4) is 0 Å². The van der Waals surface area contributed by atoms with Crippen molar-refractivity contribution < 1.29 is 9.53 Å². The van der Waals surface area contributed by atoms with E-state index in [0.717, 1.165) is 3.14 Å². The standard InChI is InChI=1S/C5H4O2S3/c1-7-4(6)3-2-9-5(8)10-3/h2H,1H3. The zero-order chi connectivity index (χ0) is 7.56. The van der Waals surface area contributed by atoms with Crippen molar-refractivity contribution >= 4 is 40.9 Å². The second kappa shape index (κ2) is 3.23. The van der Waals surface area contributed by atoms with E-state index in [1.54, 1.807) is 5.38 Å². The van der Waals surface area contributed by atoms with E-state index in [1.807, 2.05) is 0 Å². The highest BCUT2D eigenvalue weighted by Gasteiger charge is 2.05. The first-order valence-corrected chi connectivity index (χ1v) is 4.51. The lowest BCUT2D eigenvalue weighted by molar-refractivity contribution is 0.0606. The Morgan fingerprint density at radius 1 is 1.80 bits per heavy atom. The summed E-state index contributed by atoms with van der Waals surface area (Å²) in [5.41, 5.74) is 0. The summed E-state index contributed by atoms with van der Waals surface area (Å²) in [7, 11) is 1.36. The van der Waals surface area contributed by atoms with Gasteiger partial charge in [0, 0.05) is 5.38 Å². The molecule has 2 nitrogen and oxygen atoms in total. The molecule has 0 saturated carbocycles. The Morgan fingerprint density at radius 3 is 2.90 bits per heavy atom. The zero-order valence-electron chi connectivity index (χ0n) is 5.12. The molecule has 0 aliphatic heterocycles. The molecule has 54 valence electrons. The van der Waals surface area contributed by atoms with Gasteiger partial charge in [0.2, 0.25) is 0 Å². The molecule has 0 fully saturated rings. The molecule has 1 rings (SSSR count). The van der Waals surface area contributed by atoms with Crippen molar-refractivity contribution in [3.8, 4) is 0 Å². The van der Waals surface area contributed by atoms with Crippen LogP contribution >= 0.6 is 34.9 Å². The van der Waals surface area contributed by atoms with Gasteiger partial charge in [-0.05, 0) is 0 Å². The molecule has 5 heteroatoms. The number of ether oxygens (including phenoxy) is 1. The molecule has 0 bridgehead atoms. The van der Waals surface area contributed by atoms with Gasteiger partial charge >= 0.3 is 5.97 Å². The fourth-order valence-electron chi connectivity index (χ4n) is 0.430. The lowest BCUT2D eigenvalue weighted by atomic mass is 10.6. The van der Waals surface area contributed by atoms with Gasteiger partial charge in [0.25, 0.3) is 0 Å². The highest BCUT2D eigenvalue weighted by molar-refractivity contribution is 7.76. The van der Waals surface area contributed by atoms with Crippen molar-refractivity contribution in [1.29, 1.82) is 0 Å². The molecule has 0 radical (unpaired) electrons. The van der Waals surface area contributed by atoms with Crippen LogP contribution in [-0.4, -0.2) is 13.1 Å². The van der Waals surface area contributed by atoms with Gasteiger partial charge in [0.15, 0.2) is 0 Å². The fourth-order valence-corrected chi connectivity index (χ4v) is 2.43. The van der Waals surface area contributed by atoms with E-state index in [1.165, 1.54) is 29.8 Å². The second-order valence-corrected chi connectivity index (χ2v) is 4.56. The van der Waals surface area contributed by atoms with E-state index in [4.69, 9.17) is 12.2 Å². The molecule has 1 aromatic rings. The van der Waals surface area contributed by atoms with Crippen molar-refractivity contribution in [3.63, 3.8) is 0 Å². The number of hydrogen-bond donors (Lipinski definition) is 0. The number of methoxy groups -OCH3 is 1. The smallest absolute Gasteiger partial charge is 0.348 e. The van der Waals surface area contributed by atoms with Crippen LogP contribution in [0.5, 0.6) is 0 Å². The van der Waals surface area contributed by atoms with E-state index in [9.17, 15) is 4.79 Å². The Hall–Kier alpha value is -0.260. The third-order valence-corrected chi connectivity index (χ3v) is 3.29. The SMILES string of the molecule is COC(=O)c1csc(=S)s1. The lowest BCUT2D eigenvalue weighted by Crippen LogP contribution is -1.96. The van der Waals surface area contributed by atoms with Gasteiger partial charge in [-0.1, -0.05) is 12.2 Å². The van der Waals surface area contributed by atoms with E-state index in [0.29, 0.717) is 4.88 Å². The van der Waals surface area contributed by atoms with Gasteiger partial charge < -0.3 is 4.74 Å². The Morgan fingerprint density at radius 2 is 2.50 bits per heavy atom. The molecule has 0 saturated heterocycles. The van der Waals surface area contributed by atoms with Crippen LogP contribution in [0.1, 0.15) is 9.67 Å². The predicted molar refractivity (Wildman–Crippen MR) is 44.4 cm³/mol. The minimum atomic E-state index is -0.308. The summed E-state index contributed by atoms with van der Waals surface area (Å²) in [6, 6.07) is 0. The van der Waals surface area contributed by atoms with Crippen LogP contribution in [0.25, 0.3) is 0 Å². The van der Waals surface area contributed by atoms with Gasteiger partial charge in [0.05, 0.1) is 7.11 Å². The first kappa shape index (κ1) is 7.84. The Kier molecular flexibility index (Phi) is 2.53. The largest absolute Gasteiger partial charge is 0.465 e. The van der Waals surface area contributed by atoms with Gasteiger partial charge in [-0.2, -0.15) is 0 Å². The summed E-state index contributed by atoms with van der Waals surface area (Å²) >= 11 is 7.49. The minimum absolute atomic E-state index is 0.308. The quantitative estimate of drug-likeness (QED) is 0.504. The Bertz CT molecular complexity index is 285. The molecule has 10 heavy (non-hydrogen) atoms. The molecule has 0 aromatic carbocycles. The number of hydrogen-bond acceptors (Lipinski definition) is 5. The van der Waals surface area contributed by atoms with E-state index in [-0.39, 0.29) is 5.97 Å². The second-order valence-electron chi connectivity index (χ2n) is 1.44. The lowest BCUT2D eigenvalue weighted by Gasteiger charge is -1.89. The maximum Gasteiger partial charge on any atom is 0.348 e. The normalized spacial score (nSPS) is 9.30. The maximum absolute atomic E-state index is 10.8. The van der Waals surface area contributed by atoms with Crippen LogP contribution in [0.2, 0.25) is 0 Å². The monoisotopic (exact) mass is 192 g/mol. The van der Waals surface area contributed by atoms with E-state index < -0.39 is 0 Å². The van der Waals surface area contributed by atoms with Crippen molar-refractivity contribution in [1.82, 2.24) is 0 Å². The molecule has 0 atom stereocenters. The third-order valence-electron chi connectivity index (χ3n) is 0.842. The molecule has 0 unspecified atom stereocenters. The molecular weight excluding hydrogens is 188 g/mol. The average Bonchev–Trinajstić information content (AvgIpc) is 2.34. The Labute approximate surface area is 71.1 Å². The highest BCUT2D eigenvalue weighted by atomic mass is 32.2. The number of carbonyl (C=O) groups is 1. The first-order chi connectivity index (χ1) is 4.74. The predicted octanol–water partition coefficient (Wildman–Crippen LogP) is 2.33. The van der Waals surface area contributed by atoms with Crippen molar-refractivity contribution in [3.05, 3.63) is 13.4 Å². The van der Waals surface area contributed by atoms with Crippen molar-refractivity contribution in [2.75, 3.05) is 7.11 Å². The molecule has 0 spiro atoms. The minimum Gasteiger partial charge on any atom is -0.465 e. The summed E-state index contributed by atoms with van der Waals surface area (Å²) in [6.45, 7) is 0. The van der Waals surface area contributed by atoms with Gasteiger partial charge in [-0.3, -0.25) is 0 Å².